The molecule has 1 atom stereocenters. The van der Waals surface area contributed by atoms with Gasteiger partial charge in [0, 0.05) is 11.1 Å². The van der Waals surface area contributed by atoms with Crippen LogP contribution in [-0.2, 0) is 6.42 Å². The van der Waals surface area contributed by atoms with Crippen LogP contribution >= 0.6 is 11.6 Å². The van der Waals surface area contributed by atoms with Crippen molar-refractivity contribution in [3.8, 4) is 5.75 Å². The standard InChI is InChI=1S/C18H22ClNO/c1-3-18(15-5-4-6-16(19)13-15)20-12-11-14-7-9-17(21-2)10-8-14/h4-10,13,18,20H,3,11-12H2,1-2H3. The highest BCUT2D eigenvalue weighted by Crippen LogP contribution is 2.20. The summed E-state index contributed by atoms with van der Waals surface area (Å²) in [7, 11) is 1.69. The molecule has 0 aromatic heterocycles. The topological polar surface area (TPSA) is 21.3 Å². The summed E-state index contributed by atoms with van der Waals surface area (Å²) in [6.45, 7) is 3.13. The molecule has 1 N–H and O–H groups in total. The Labute approximate surface area is 132 Å². The minimum atomic E-state index is 0.349. The molecule has 0 radical (unpaired) electrons. The minimum absolute atomic E-state index is 0.349. The Hall–Kier alpha value is -1.51. The van der Waals surface area contributed by atoms with E-state index in [1.54, 1.807) is 7.11 Å². The normalized spacial score (nSPS) is 12.1. The summed E-state index contributed by atoms with van der Waals surface area (Å²) in [5, 5.41) is 4.39. The van der Waals surface area contributed by atoms with Crippen LogP contribution in [0.25, 0.3) is 0 Å². The highest BCUT2D eigenvalue weighted by molar-refractivity contribution is 6.30. The predicted molar refractivity (Wildman–Crippen MR) is 89.2 cm³/mol. The maximum absolute atomic E-state index is 6.06. The Balaban J connectivity index is 1.88. The summed E-state index contributed by atoms with van der Waals surface area (Å²) in [6.07, 6.45) is 2.05. The van der Waals surface area contributed by atoms with E-state index < -0.39 is 0 Å². The maximum atomic E-state index is 6.06. The third kappa shape index (κ3) is 4.76. The first-order chi connectivity index (χ1) is 10.2. The monoisotopic (exact) mass is 303 g/mol. The molecule has 112 valence electrons. The van der Waals surface area contributed by atoms with Crippen molar-refractivity contribution >= 4 is 11.6 Å². The number of hydrogen-bond acceptors (Lipinski definition) is 2. The molecule has 0 aliphatic rings. The van der Waals surface area contributed by atoms with E-state index in [2.05, 4.69) is 30.4 Å². The first-order valence-corrected chi connectivity index (χ1v) is 7.72. The molecule has 0 saturated carbocycles. The summed E-state index contributed by atoms with van der Waals surface area (Å²) < 4.78 is 5.17. The fourth-order valence-corrected chi connectivity index (χ4v) is 2.60. The third-order valence-electron chi connectivity index (χ3n) is 3.62. The van der Waals surface area contributed by atoms with Gasteiger partial charge in [0.05, 0.1) is 7.11 Å². The molecule has 0 saturated heterocycles. The fourth-order valence-electron chi connectivity index (χ4n) is 2.40. The number of ether oxygens (including phenoxy) is 1. The average Bonchev–Trinajstić information content (AvgIpc) is 2.52. The number of benzene rings is 2. The third-order valence-corrected chi connectivity index (χ3v) is 3.86. The van der Waals surface area contributed by atoms with Gasteiger partial charge in [-0.15, -0.1) is 0 Å². The molecule has 0 bridgehead atoms. The van der Waals surface area contributed by atoms with Crippen molar-refractivity contribution < 1.29 is 4.74 Å². The van der Waals surface area contributed by atoms with E-state index >= 15 is 0 Å². The van der Waals surface area contributed by atoms with Crippen LogP contribution in [0.3, 0.4) is 0 Å². The zero-order valence-corrected chi connectivity index (χ0v) is 13.4. The lowest BCUT2D eigenvalue weighted by molar-refractivity contribution is 0.414. The predicted octanol–water partition coefficient (Wildman–Crippen LogP) is 4.63. The molecule has 0 spiro atoms. The largest absolute Gasteiger partial charge is 0.497 e. The second-order valence-corrected chi connectivity index (χ2v) is 5.50. The van der Waals surface area contributed by atoms with Crippen LogP contribution in [0.4, 0.5) is 0 Å². The molecule has 1 unspecified atom stereocenters. The Morgan fingerprint density at radius 3 is 2.52 bits per heavy atom. The number of rotatable bonds is 7. The molecule has 0 amide bonds. The summed E-state index contributed by atoms with van der Waals surface area (Å²) in [6, 6.07) is 16.7. The molecule has 0 fully saturated rings. The second kappa shape index (κ2) is 8.06. The summed E-state index contributed by atoms with van der Waals surface area (Å²) in [5.41, 5.74) is 2.56. The molecule has 2 nitrogen and oxygen atoms in total. The van der Waals surface area contributed by atoms with E-state index in [1.807, 2.05) is 30.3 Å². The molecule has 2 aromatic carbocycles. The van der Waals surface area contributed by atoms with Crippen molar-refractivity contribution in [2.45, 2.75) is 25.8 Å². The van der Waals surface area contributed by atoms with Gasteiger partial charge in [0.1, 0.15) is 5.75 Å². The van der Waals surface area contributed by atoms with Crippen molar-refractivity contribution in [2.75, 3.05) is 13.7 Å². The molecular formula is C18H22ClNO. The van der Waals surface area contributed by atoms with Crippen molar-refractivity contribution in [2.24, 2.45) is 0 Å². The molecule has 0 heterocycles. The molecule has 2 aromatic rings. The molecule has 21 heavy (non-hydrogen) atoms. The van der Waals surface area contributed by atoms with Gasteiger partial charge in [0.2, 0.25) is 0 Å². The Morgan fingerprint density at radius 1 is 1.14 bits per heavy atom. The lowest BCUT2D eigenvalue weighted by atomic mass is 10.0. The zero-order valence-electron chi connectivity index (χ0n) is 12.6. The van der Waals surface area contributed by atoms with Gasteiger partial charge in [-0.1, -0.05) is 42.8 Å². The molecular weight excluding hydrogens is 282 g/mol. The van der Waals surface area contributed by atoms with Gasteiger partial charge in [0.25, 0.3) is 0 Å². The van der Waals surface area contributed by atoms with E-state index in [0.29, 0.717) is 6.04 Å². The number of hydrogen-bond donors (Lipinski definition) is 1. The van der Waals surface area contributed by atoms with Crippen LogP contribution < -0.4 is 10.1 Å². The van der Waals surface area contributed by atoms with Crippen molar-refractivity contribution in [1.82, 2.24) is 5.32 Å². The van der Waals surface area contributed by atoms with Crippen LogP contribution in [0, 0.1) is 0 Å². The maximum Gasteiger partial charge on any atom is 0.118 e. The van der Waals surface area contributed by atoms with Gasteiger partial charge in [-0.3, -0.25) is 0 Å². The first kappa shape index (κ1) is 15.9. The van der Waals surface area contributed by atoms with Gasteiger partial charge >= 0.3 is 0 Å². The Kier molecular flexibility index (Phi) is 6.09. The Morgan fingerprint density at radius 2 is 1.90 bits per heavy atom. The van der Waals surface area contributed by atoms with Crippen LogP contribution in [0.2, 0.25) is 5.02 Å². The van der Waals surface area contributed by atoms with Gasteiger partial charge in [-0.05, 0) is 54.8 Å². The van der Waals surface area contributed by atoms with Crippen molar-refractivity contribution in [1.29, 1.82) is 0 Å². The van der Waals surface area contributed by atoms with Crippen LogP contribution in [0.5, 0.6) is 5.75 Å². The van der Waals surface area contributed by atoms with Crippen molar-refractivity contribution in [3.05, 3.63) is 64.7 Å². The summed E-state index contributed by atoms with van der Waals surface area (Å²) in [5.74, 6) is 0.900. The van der Waals surface area contributed by atoms with Crippen LogP contribution in [-0.4, -0.2) is 13.7 Å². The highest BCUT2D eigenvalue weighted by Gasteiger charge is 2.08. The average molecular weight is 304 g/mol. The van der Waals surface area contributed by atoms with Crippen molar-refractivity contribution in [3.63, 3.8) is 0 Å². The quantitative estimate of drug-likeness (QED) is 0.805. The van der Waals surface area contributed by atoms with E-state index in [4.69, 9.17) is 16.3 Å². The van der Waals surface area contributed by atoms with E-state index in [0.717, 1.165) is 30.2 Å². The summed E-state index contributed by atoms with van der Waals surface area (Å²) in [4.78, 5) is 0. The zero-order chi connectivity index (χ0) is 15.1. The smallest absolute Gasteiger partial charge is 0.118 e. The number of nitrogens with one attached hydrogen (secondary N) is 1. The van der Waals surface area contributed by atoms with Crippen LogP contribution in [0.15, 0.2) is 48.5 Å². The summed E-state index contributed by atoms with van der Waals surface area (Å²) >= 11 is 6.06. The van der Waals surface area contributed by atoms with E-state index in [-0.39, 0.29) is 0 Å². The van der Waals surface area contributed by atoms with Crippen LogP contribution in [0.1, 0.15) is 30.5 Å². The SMILES string of the molecule is CCC(NCCc1ccc(OC)cc1)c1cccc(Cl)c1. The minimum Gasteiger partial charge on any atom is -0.497 e. The lowest BCUT2D eigenvalue weighted by Crippen LogP contribution is -2.23. The highest BCUT2D eigenvalue weighted by atomic mass is 35.5. The molecule has 3 heteroatoms. The number of methoxy groups -OCH3 is 1. The first-order valence-electron chi connectivity index (χ1n) is 7.34. The van der Waals surface area contributed by atoms with Gasteiger partial charge < -0.3 is 10.1 Å². The fraction of sp³-hybridized carbons (Fsp3) is 0.333. The Bertz CT molecular complexity index is 553. The second-order valence-electron chi connectivity index (χ2n) is 5.07. The van der Waals surface area contributed by atoms with Gasteiger partial charge in [-0.25, -0.2) is 0 Å². The lowest BCUT2D eigenvalue weighted by Gasteiger charge is -2.17. The molecule has 2 rings (SSSR count). The molecule has 0 aliphatic carbocycles. The van der Waals surface area contributed by atoms with Gasteiger partial charge in [0.15, 0.2) is 0 Å². The van der Waals surface area contributed by atoms with Gasteiger partial charge in [-0.2, -0.15) is 0 Å². The molecule has 0 aliphatic heterocycles. The van der Waals surface area contributed by atoms with E-state index in [1.165, 1.54) is 11.1 Å². The van der Waals surface area contributed by atoms with E-state index in [9.17, 15) is 0 Å². The number of halogens is 1.